The summed E-state index contributed by atoms with van der Waals surface area (Å²) >= 11 is 0. The van der Waals surface area contributed by atoms with Crippen LogP contribution in [0, 0.1) is 5.82 Å². The molecule has 1 aromatic rings. The number of nitrogen functional groups attached to an aromatic ring is 1. The highest BCUT2D eigenvalue weighted by Gasteiger charge is 2.58. The molecule has 1 aliphatic rings. The first-order valence-electron chi connectivity index (χ1n) is 6.23. The summed E-state index contributed by atoms with van der Waals surface area (Å²) in [5, 5.41) is 0. The molecule has 7 heteroatoms. The van der Waals surface area contributed by atoms with Crippen LogP contribution in [0.1, 0.15) is 12.8 Å². The molecule has 20 heavy (non-hydrogen) atoms. The van der Waals surface area contributed by atoms with Crippen molar-refractivity contribution in [3.8, 4) is 5.75 Å². The van der Waals surface area contributed by atoms with E-state index in [9.17, 15) is 17.6 Å². The van der Waals surface area contributed by atoms with Crippen molar-refractivity contribution in [3.05, 3.63) is 24.0 Å². The maximum Gasteiger partial charge on any atom is 0.429 e. The molecule has 0 bridgehead atoms. The highest BCUT2D eigenvalue weighted by atomic mass is 19.4. The molecular weight excluding hydrogens is 276 g/mol. The van der Waals surface area contributed by atoms with Gasteiger partial charge in [0.05, 0.1) is 5.69 Å². The third-order valence-corrected chi connectivity index (χ3v) is 3.44. The Kier molecular flexibility index (Phi) is 3.82. The number of benzene rings is 1. The van der Waals surface area contributed by atoms with Crippen LogP contribution < -0.4 is 10.5 Å². The second-order valence-electron chi connectivity index (χ2n) is 5.12. The SMILES string of the molecule is CN1CCCC(Oc2cc(F)ccc2N)(C(F)(F)F)C1. The van der Waals surface area contributed by atoms with Gasteiger partial charge in [0.15, 0.2) is 0 Å². The standard InChI is InChI=1S/C13H16F4N2O/c1-19-6-2-5-12(8-19,13(15,16)17)20-11-7-9(14)3-4-10(11)18/h3-4,7H,2,5-6,8,18H2,1H3. The van der Waals surface area contributed by atoms with Crippen molar-refractivity contribution in [3.63, 3.8) is 0 Å². The summed E-state index contributed by atoms with van der Waals surface area (Å²) in [5.41, 5.74) is 3.21. The number of hydrogen-bond donors (Lipinski definition) is 1. The normalized spacial score (nSPS) is 24.6. The van der Waals surface area contributed by atoms with Gasteiger partial charge >= 0.3 is 6.18 Å². The lowest BCUT2D eigenvalue weighted by Gasteiger charge is -2.42. The minimum Gasteiger partial charge on any atom is -0.474 e. The molecule has 3 nitrogen and oxygen atoms in total. The van der Waals surface area contributed by atoms with Gasteiger partial charge < -0.3 is 15.4 Å². The molecule has 1 fully saturated rings. The van der Waals surface area contributed by atoms with Crippen molar-refractivity contribution in [1.29, 1.82) is 0 Å². The summed E-state index contributed by atoms with van der Waals surface area (Å²) in [6, 6.07) is 3.16. The van der Waals surface area contributed by atoms with Crippen molar-refractivity contribution in [2.45, 2.75) is 24.6 Å². The van der Waals surface area contributed by atoms with E-state index in [1.807, 2.05) is 0 Å². The van der Waals surface area contributed by atoms with E-state index in [0.29, 0.717) is 13.0 Å². The third kappa shape index (κ3) is 2.82. The van der Waals surface area contributed by atoms with Gasteiger partial charge in [0.1, 0.15) is 11.6 Å². The van der Waals surface area contributed by atoms with Gasteiger partial charge in [0.25, 0.3) is 0 Å². The minimum absolute atomic E-state index is 0.0109. The molecule has 1 heterocycles. The van der Waals surface area contributed by atoms with Crippen LogP contribution in [0.2, 0.25) is 0 Å². The van der Waals surface area contributed by atoms with E-state index in [0.717, 1.165) is 12.1 Å². The number of nitrogens with zero attached hydrogens (tertiary/aromatic N) is 1. The van der Waals surface area contributed by atoms with Gasteiger partial charge in [-0.05, 0) is 38.6 Å². The third-order valence-electron chi connectivity index (χ3n) is 3.44. The van der Waals surface area contributed by atoms with Crippen molar-refractivity contribution >= 4 is 5.69 Å². The zero-order valence-corrected chi connectivity index (χ0v) is 11.0. The molecule has 0 aromatic heterocycles. The van der Waals surface area contributed by atoms with Crippen molar-refractivity contribution < 1.29 is 22.3 Å². The van der Waals surface area contributed by atoms with Crippen molar-refractivity contribution in [2.75, 3.05) is 25.9 Å². The highest BCUT2D eigenvalue weighted by Crippen LogP contribution is 2.42. The van der Waals surface area contributed by atoms with Crippen LogP contribution in [-0.2, 0) is 0 Å². The molecule has 1 saturated heterocycles. The molecule has 1 aliphatic heterocycles. The van der Waals surface area contributed by atoms with Gasteiger partial charge in [0.2, 0.25) is 5.60 Å². The Balaban J connectivity index is 2.35. The van der Waals surface area contributed by atoms with Crippen LogP contribution in [0.25, 0.3) is 0 Å². The number of halogens is 4. The van der Waals surface area contributed by atoms with Gasteiger partial charge in [-0.2, -0.15) is 13.2 Å². The molecular formula is C13H16F4N2O. The first-order valence-corrected chi connectivity index (χ1v) is 6.23. The van der Waals surface area contributed by atoms with E-state index >= 15 is 0 Å². The van der Waals surface area contributed by atoms with E-state index in [4.69, 9.17) is 10.5 Å². The van der Waals surface area contributed by atoms with Gasteiger partial charge in [-0.3, -0.25) is 0 Å². The van der Waals surface area contributed by atoms with Gasteiger partial charge in [-0.25, -0.2) is 4.39 Å². The average Bonchev–Trinajstić information content (AvgIpc) is 2.32. The predicted molar refractivity (Wildman–Crippen MR) is 67.0 cm³/mol. The van der Waals surface area contributed by atoms with Gasteiger partial charge in [-0.15, -0.1) is 0 Å². The van der Waals surface area contributed by atoms with Crippen molar-refractivity contribution in [2.24, 2.45) is 0 Å². The smallest absolute Gasteiger partial charge is 0.429 e. The second-order valence-corrected chi connectivity index (χ2v) is 5.12. The molecule has 112 valence electrons. The molecule has 1 aromatic carbocycles. The Bertz CT molecular complexity index is 492. The van der Waals surface area contributed by atoms with Gasteiger partial charge in [0, 0.05) is 12.6 Å². The summed E-state index contributed by atoms with van der Waals surface area (Å²) < 4.78 is 58.5. The number of nitrogens with two attached hydrogens (primary N) is 1. The largest absolute Gasteiger partial charge is 0.474 e. The van der Waals surface area contributed by atoms with Crippen LogP contribution in [0.3, 0.4) is 0 Å². The highest BCUT2D eigenvalue weighted by molar-refractivity contribution is 5.52. The lowest BCUT2D eigenvalue weighted by atomic mass is 9.92. The summed E-state index contributed by atoms with van der Waals surface area (Å²) in [5.74, 6) is -0.951. The molecule has 1 unspecified atom stereocenters. The second kappa shape index (κ2) is 5.12. The molecule has 2 rings (SSSR count). The number of piperidine rings is 1. The Morgan fingerprint density at radius 2 is 2.05 bits per heavy atom. The van der Waals surface area contributed by atoms with Crippen LogP contribution >= 0.6 is 0 Å². The maximum absolute atomic E-state index is 13.4. The number of anilines is 1. The Labute approximate surface area is 114 Å². The van der Waals surface area contributed by atoms with Crippen molar-refractivity contribution in [1.82, 2.24) is 4.90 Å². The fourth-order valence-electron chi connectivity index (χ4n) is 2.41. The molecule has 0 amide bonds. The van der Waals surface area contributed by atoms with Crippen LogP contribution in [0.5, 0.6) is 5.75 Å². The summed E-state index contributed by atoms with van der Waals surface area (Å²) in [4.78, 5) is 1.55. The lowest BCUT2D eigenvalue weighted by Crippen LogP contribution is -2.59. The van der Waals surface area contributed by atoms with E-state index in [2.05, 4.69) is 0 Å². The predicted octanol–water partition coefficient (Wildman–Crippen LogP) is 2.81. The van der Waals surface area contributed by atoms with Crippen LogP contribution in [0.15, 0.2) is 18.2 Å². The average molecular weight is 292 g/mol. The van der Waals surface area contributed by atoms with Crippen LogP contribution in [0.4, 0.5) is 23.2 Å². The Morgan fingerprint density at radius 1 is 1.35 bits per heavy atom. The zero-order chi connectivity index (χ0) is 15.0. The van der Waals surface area contributed by atoms with E-state index in [1.165, 1.54) is 6.07 Å². The Morgan fingerprint density at radius 3 is 2.65 bits per heavy atom. The number of likely N-dealkylation sites (tertiary alicyclic amines) is 1. The molecule has 0 radical (unpaired) electrons. The summed E-state index contributed by atoms with van der Waals surface area (Å²) in [6.45, 7) is 0.270. The van der Waals surface area contributed by atoms with E-state index < -0.39 is 17.6 Å². The first-order chi connectivity index (χ1) is 9.23. The number of likely N-dealkylation sites (N-methyl/N-ethyl adjacent to an activating group) is 1. The molecule has 0 spiro atoms. The number of hydrogen-bond acceptors (Lipinski definition) is 3. The fourth-order valence-corrected chi connectivity index (χ4v) is 2.41. The quantitative estimate of drug-likeness (QED) is 0.673. The van der Waals surface area contributed by atoms with Gasteiger partial charge in [-0.1, -0.05) is 0 Å². The van der Waals surface area contributed by atoms with Crippen LogP contribution in [-0.4, -0.2) is 36.8 Å². The number of rotatable bonds is 2. The van der Waals surface area contributed by atoms with E-state index in [1.54, 1.807) is 11.9 Å². The fraction of sp³-hybridized carbons (Fsp3) is 0.538. The molecule has 0 aliphatic carbocycles. The van der Waals surface area contributed by atoms with E-state index in [-0.39, 0.29) is 24.4 Å². The maximum atomic E-state index is 13.4. The molecule has 0 saturated carbocycles. The Hall–Kier alpha value is -1.50. The first kappa shape index (κ1) is 14.9. The molecule has 2 N–H and O–H groups in total. The summed E-state index contributed by atoms with van der Waals surface area (Å²) in [7, 11) is 1.60. The monoisotopic (exact) mass is 292 g/mol. The summed E-state index contributed by atoms with van der Waals surface area (Å²) in [6.07, 6.45) is -4.37. The zero-order valence-electron chi connectivity index (χ0n) is 11.0. The molecule has 1 atom stereocenters. The minimum atomic E-state index is -4.56. The number of ether oxygens (including phenoxy) is 1. The lowest BCUT2D eigenvalue weighted by molar-refractivity contribution is -0.261. The number of alkyl halides is 3. The topological polar surface area (TPSA) is 38.5 Å².